The molecule has 0 unspecified atom stereocenters. The molecular weight excluding hydrogens is 471 g/mol. The molecule has 2 rings (SSSR count). The molecule has 0 aliphatic heterocycles. The lowest BCUT2D eigenvalue weighted by molar-refractivity contribution is 0.0939. The van der Waals surface area contributed by atoms with E-state index in [1.807, 2.05) is 13.8 Å². The SMILES string of the molecule is CCOCCCNC(=O)c1coc(CN(CCCOCC)C(=O)Nc2c(Cl)cccc2Cl)n1. The number of nitrogens with zero attached hydrogens (tertiary/aromatic N) is 2. The third kappa shape index (κ3) is 9.21. The minimum Gasteiger partial charge on any atom is -0.446 e. The van der Waals surface area contributed by atoms with Crippen LogP contribution in [0.25, 0.3) is 0 Å². The van der Waals surface area contributed by atoms with Crippen molar-refractivity contribution in [2.75, 3.05) is 44.8 Å². The summed E-state index contributed by atoms with van der Waals surface area (Å²) in [4.78, 5) is 30.9. The summed E-state index contributed by atoms with van der Waals surface area (Å²) in [6, 6.07) is 4.53. The number of ether oxygens (including phenoxy) is 2. The highest BCUT2D eigenvalue weighted by Crippen LogP contribution is 2.30. The molecule has 0 bridgehead atoms. The average Bonchev–Trinajstić information content (AvgIpc) is 3.27. The maximum Gasteiger partial charge on any atom is 0.322 e. The molecule has 0 spiro atoms. The summed E-state index contributed by atoms with van der Waals surface area (Å²) in [7, 11) is 0. The van der Waals surface area contributed by atoms with Crippen molar-refractivity contribution in [1.29, 1.82) is 0 Å². The topological polar surface area (TPSA) is 106 Å². The van der Waals surface area contributed by atoms with Crippen LogP contribution in [0.15, 0.2) is 28.9 Å². The Morgan fingerprint density at radius 2 is 1.76 bits per heavy atom. The third-order valence-corrected chi connectivity index (χ3v) is 5.10. The maximum atomic E-state index is 12.9. The van der Waals surface area contributed by atoms with E-state index in [0.29, 0.717) is 68.1 Å². The van der Waals surface area contributed by atoms with E-state index in [-0.39, 0.29) is 24.0 Å². The number of oxazole rings is 1. The lowest BCUT2D eigenvalue weighted by Crippen LogP contribution is -2.36. The van der Waals surface area contributed by atoms with E-state index in [1.54, 1.807) is 18.2 Å². The van der Waals surface area contributed by atoms with Crippen molar-refractivity contribution in [3.05, 3.63) is 46.1 Å². The number of anilines is 1. The van der Waals surface area contributed by atoms with Crippen molar-refractivity contribution in [3.8, 4) is 0 Å². The minimum atomic E-state index is -0.429. The first-order valence-electron chi connectivity index (χ1n) is 10.8. The molecule has 0 atom stereocenters. The van der Waals surface area contributed by atoms with Crippen LogP contribution in [0.2, 0.25) is 10.0 Å². The van der Waals surface area contributed by atoms with Gasteiger partial charge in [0, 0.05) is 39.5 Å². The number of halogens is 2. The fourth-order valence-corrected chi connectivity index (χ4v) is 3.31. The molecule has 0 saturated carbocycles. The second kappa shape index (κ2) is 14.7. The Balaban J connectivity index is 2.01. The van der Waals surface area contributed by atoms with Crippen molar-refractivity contribution >= 4 is 40.8 Å². The van der Waals surface area contributed by atoms with Crippen LogP contribution in [0.5, 0.6) is 0 Å². The van der Waals surface area contributed by atoms with E-state index in [9.17, 15) is 9.59 Å². The molecule has 2 aromatic rings. The van der Waals surface area contributed by atoms with Gasteiger partial charge in [-0.25, -0.2) is 9.78 Å². The first-order valence-corrected chi connectivity index (χ1v) is 11.6. The summed E-state index contributed by atoms with van der Waals surface area (Å²) in [5.74, 6) is -0.122. The van der Waals surface area contributed by atoms with E-state index in [1.165, 1.54) is 11.2 Å². The smallest absolute Gasteiger partial charge is 0.322 e. The summed E-state index contributed by atoms with van der Waals surface area (Å²) in [6.07, 6.45) is 2.57. The fraction of sp³-hybridized carbons (Fsp3) is 0.500. The van der Waals surface area contributed by atoms with Crippen LogP contribution in [0.1, 0.15) is 43.1 Å². The molecule has 182 valence electrons. The number of urea groups is 1. The number of rotatable bonds is 14. The monoisotopic (exact) mass is 500 g/mol. The van der Waals surface area contributed by atoms with Gasteiger partial charge in [-0.05, 0) is 38.8 Å². The molecule has 0 saturated heterocycles. The number of aromatic nitrogens is 1. The van der Waals surface area contributed by atoms with Gasteiger partial charge in [-0.3, -0.25) is 4.79 Å². The predicted octanol–water partition coefficient (Wildman–Crippen LogP) is 4.60. The van der Waals surface area contributed by atoms with Gasteiger partial charge >= 0.3 is 6.03 Å². The van der Waals surface area contributed by atoms with Gasteiger partial charge in [-0.15, -0.1) is 0 Å². The first-order chi connectivity index (χ1) is 16.0. The Morgan fingerprint density at radius 1 is 1.09 bits per heavy atom. The molecule has 1 aromatic heterocycles. The molecule has 1 aromatic carbocycles. The Bertz CT molecular complexity index is 873. The summed E-state index contributed by atoms with van der Waals surface area (Å²) in [6.45, 7) is 7.00. The Hall–Kier alpha value is -2.33. The normalized spacial score (nSPS) is 10.8. The van der Waals surface area contributed by atoms with Crippen molar-refractivity contribution in [3.63, 3.8) is 0 Å². The Labute approximate surface area is 203 Å². The summed E-state index contributed by atoms with van der Waals surface area (Å²) >= 11 is 12.3. The van der Waals surface area contributed by atoms with E-state index < -0.39 is 6.03 Å². The highest BCUT2D eigenvalue weighted by Gasteiger charge is 2.20. The van der Waals surface area contributed by atoms with Crippen LogP contribution in [0, 0.1) is 0 Å². The van der Waals surface area contributed by atoms with E-state index in [0.717, 1.165) is 0 Å². The zero-order valence-corrected chi connectivity index (χ0v) is 20.4. The molecule has 1 heterocycles. The largest absolute Gasteiger partial charge is 0.446 e. The highest BCUT2D eigenvalue weighted by atomic mass is 35.5. The Morgan fingerprint density at radius 3 is 2.42 bits per heavy atom. The number of carbonyl (C=O) groups is 2. The van der Waals surface area contributed by atoms with Gasteiger partial charge in [-0.1, -0.05) is 29.3 Å². The zero-order chi connectivity index (χ0) is 24.1. The van der Waals surface area contributed by atoms with Gasteiger partial charge in [0.15, 0.2) is 5.69 Å². The van der Waals surface area contributed by atoms with E-state index in [2.05, 4.69) is 15.6 Å². The molecule has 11 heteroatoms. The van der Waals surface area contributed by atoms with Gasteiger partial charge in [0.05, 0.1) is 22.3 Å². The fourth-order valence-electron chi connectivity index (χ4n) is 2.82. The summed E-state index contributed by atoms with van der Waals surface area (Å²) < 4.78 is 16.0. The maximum absolute atomic E-state index is 12.9. The molecule has 33 heavy (non-hydrogen) atoms. The van der Waals surface area contributed by atoms with Gasteiger partial charge < -0.3 is 29.4 Å². The van der Waals surface area contributed by atoms with Gasteiger partial charge in [0.1, 0.15) is 6.26 Å². The molecule has 3 amide bonds. The van der Waals surface area contributed by atoms with Crippen molar-refractivity contribution in [2.45, 2.75) is 33.2 Å². The van der Waals surface area contributed by atoms with Crippen molar-refractivity contribution in [1.82, 2.24) is 15.2 Å². The van der Waals surface area contributed by atoms with Crippen LogP contribution in [-0.2, 0) is 16.0 Å². The standard InChI is InChI=1S/C22H30Cl2N4O5/c1-3-31-12-6-10-25-21(29)18-15-33-19(26-18)14-28(11-7-13-32-4-2)22(30)27-20-16(23)8-5-9-17(20)24/h5,8-9,15H,3-4,6-7,10-14H2,1-2H3,(H,25,29)(H,27,30). The van der Waals surface area contributed by atoms with Gasteiger partial charge in [0.2, 0.25) is 5.89 Å². The summed E-state index contributed by atoms with van der Waals surface area (Å²) in [5, 5.41) is 6.14. The van der Waals surface area contributed by atoms with Crippen LogP contribution >= 0.6 is 23.2 Å². The molecule has 0 aliphatic rings. The van der Waals surface area contributed by atoms with Crippen LogP contribution in [0.3, 0.4) is 0 Å². The first kappa shape index (κ1) is 26.9. The third-order valence-electron chi connectivity index (χ3n) is 4.47. The van der Waals surface area contributed by atoms with E-state index >= 15 is 0 Å². The average molecular weight is 501 g/mol. The number of hydrogen-bond acceptors (Lipinski definition) is 6. The van der Waals surface area contributed by atoms with Crippen LogP contribution < -0.4 is 10.6 Å². The second-order valence-electron chi connectivity index (χ2n) is 6.93. The number of para-hydroxylation sites is 1. The molecule has 2 N–H and O–H groups in total. The molecule has 0 radical (unpaired) electrons. The minimum absolute atomic E-state index is 0.0532. The molecule has 0 aliphatic carbocycles. The summed E-state index contributed by atoms with van der Waals surface area (Å²) in [5.41, 5.74) is 0.463. The number of hydrogen-bond donors (Lipinski definition) is 2. The predicted molar refractivity (Wildman–Crippen MR) is 127 cm³/mol. The lowest BCUT2D eigenvalue weighted by atomic mass is 10.3. The van der Waals surface area contributed by atoms with Crippen LogP contribution in [-0.4, -0.2) is 61.3 Å². The highest BCUT2D eigenvalue weighted by molar-refractivity contribution is 6.39. The second-order valence-corrected chi connectivity index (χ2v) is 7.75. The van der Waals surface area contributed by atoms with E-state index in [4.69, 9.17) is 37.1 Å². The van der Waals surface area contributed by atoms with Gasteiger partial charge in [0.25, 0.3) is 5.91 Å². The number of amides is 3. The van der Waals surface area contributed by atoms with Gasteiger partial charge in [-0.2, -0.15) is 0 Å². The van der Waals surface area contributed by atoms with Crippen molar-refractivity contribution in [2.24, 2.45) is 0 Å². The quantitative estimate of drug-likeness (QED) is 0.367. The zero-order valence-electron chi connectivity index (χ0n) is 18.9. The Kier molecular flexibility index (Phi) is 12.0. The van der Waals surface area contributed by atoms with Crippen LogP contribution in [0.4, 0.5) is 10.5 Å². The number of nitrogens with one attached hydrogen (secondary N) is 2. The molecular formula is C22H30Cl2N4O5. The molecule has 0 fully saturated rings. The van der Waals surface area contributed by atoms with Crippen molar-refractivity contribution < 1.29 is 23.5 Å². The lowest BCUT2D eigenvalue weighted by Gasteiger charge is -2.22. The number of carbonyl (C=O) groups excluding carboxylic acids is 2. The number of benzene rings is 1. The molecule has 9 nitrogen and oxygen atoms in total.